The van der Waals surface area contributed by atoms with Gasteiger partial charge < -0.3 is 0 Å². The summed E-state index contributed by atoms with van der Waals surface area (Å²) >= 11 is 6.00. The molecule has 0 N–H and O–H groups in total. The van der Waals surface area contributed by atoms with Crippen LogP contribution in [0.2, 0.25) is 0 Å². The van der Waals surface area contributed by atoms with Gasteiger partial charge in [-0.15, -0.1) is 0 Å². The van der Waals surface area contributed by atoms with Crippen molar-refractivity contribution in [1.82, 2.24) is 0 Å². The van der Waals surface area contributed by atoms with Crippen LogP contribution in [0.1, 0.15) is 101 Å². The third-order valence-electron chi connectivity index (χ3n) is 7.17. The van der Waals surface area contributed by atoms with Crippen LogP contribution in [0.25, 0.3) is 0 Å². The third kappa shape index (κ3) is 6.34. The first-order valence-electron chi connectivity index (χ1n) is 11.8. The van der Waals surface area contributed by atoms with Crippen LogP contribution in [0, 0.1) is 41.2 Å². The first-order chi connectivity index (χ1) is 14.5. The molecule has 0 saturated heterocycles. The summed E-state index contributed by atoms with van der Waals surface area (Å²) in [6, 6.07) is 3.06. The number of hydrogen-bond acceptors (Lipinski definition) is 0. The fourth-order valence-corrected chi connectivity index (χ4v) is 5.36. The van der Waals surface area contributed by atoms with Gasteiger partial charge in [0.25, 0.3) is 0 Å². The Hall–Kier alpha value is -1.33. The highest BCUT2D eigenvalue weighted by Crippen LogP contribution is 2.38. The van der Waals surface area contributed by atoms with Gasteiger partial charge in [-0.3, -0.25) is 0 Å². The van der Waals surface area contributed by atoms with Gasteiger partial charge in [0, 0.05) is 11.0 Å². The summed E-state index contributed by atoms with van der Waals surface area (Å²) in [5.74, 6) is 6.48. The molecule has 2 aliphatic carbocycles. The van der Waals surface area contributed by atoms with Crippen molar-refractivity contribution in [2.45, 2.75) is 89.9 Å². The molecule has 0 heterocycles. The largest absolute Gasteiger partial charge is 0.206 e. The molecule has 3 rings (SSSR count). The van der Waals surface area contributed by atoms with E-state index in [2.05, 4.69) is 25.3 Å². The average molecular weight is 433 g/mol. The first-order valence-corrected chi connectivity index (χ1v) is 12.2. The number of hydrogen-bond donors (Lipinski definition) is 0. The van der Waals surface area contributed by atoms with Crippen molar-refractivity contribution in [3.8, 4) is 11.8 Å². The minimum atomic E-state index is -0.509. The molecular formula is C27H35ClF2. The molecule has 164 valence electrons. The van der Waals surface area contributed by atoms with Crippen molar-refractivity contribution in [3.63, 3.8) is 0 Å². The van der Waals surface area contributed by atoms with Gasteiger partial charge in [0.15, 0.2) is 0 Å². The highest BCUT2D eigenvalue weighted by molar-refractivity contribution is 6.29. The van der Waals surface area contributed by atoms with Gasteiger partial charge in [-0.2, -0.15) is 0 Å². The molecule has 0 spiro atoms. The van der Waals surface area contributed by atoms with Crippen molar-refractivity contribution in [3.05, 3.63) is 46.5 Å². The second-order valence-electron chi connectivity index (χ2n) is 9.34. The second kappa shape index (κ2) is 11.3. The maximum absolute atomic E-state index is 14.7. The highest BCUT2D eigenvalue weighted by Gasteiger charge is 2.24. The summed E-state index contributed by atoms with van der Waals surface area (Å²) in [7, 11) is 0. The minimum Gasteiger partial charge on any atom is -0.206 e. The van der Waals surface area contributed by atoms with Crippen LogP contribution in [0.5, 0.6) is 0 Å². The lowest BCUT2D eigenvalue weighted by Gasteiger charge is -2.29. The van der Waals surface area contributed by atoms with Crippen LogP contribution in [0.3, 0.4) is 0 Å². The van der Waals surface area contributed by atoms with Crippen LogP contribution < -0.4 is 0 Å². The number of benzene rings is 1. The smallest absolute Gasteiger partial charge is 0.142 e. The lowest BCUT2D eigenvalue weighted by molar-refractivity contribution is 0.302. The molecule has 2 aliphatic rings. The normalized spacial score (nSPS) is 26.7. The Labute approximate surface area is 186 Å². The molecule has 2 saturated carbocycles. The van der Waals surface area contributed by atoms with Gasteiger partial charge in [-0.05, 0) is 86.8 Å². The van der Waals surface area contributed by atoms with Gasteiger partial charge in [0.2, 0.25) is 0 Å². The van der Waals surface area contributed by atoms with E-state index in [0.717, 1.165) is 50.0 Å². The zero-order valence-electron chi connectivity index (χ0n) is 18.3. The predicted octanol–water partition coefficient (Wildman–Crippen LogP) is 8.73. The van der Waals surface area contributed by atoms with Gasteiger partial charge in [-0.1, -0.05) is 62.6 Å². The van der Waals surface area contributed by atoms with Gasteiger partial charge in [0.1, 0.15) is 11.6 Å². The van der Waals surface area contributed by atoms with Crippen LogP contribution in [0.15, 0.2) is 23.7 Å². The Morgan fingerprint density at radius 3 is 2.20 bits per heavy atom. The summed E-state index contributed by atoms with van der Waals surface area (Å²) < 4.78 is 29.4. The molecule has 1 aromatic carbocycles. The number of halogens is 3. The van der Waals surface area contributed by atoms with Crippen molar-refractivity contribution in [1.29, 1.82) is 0 Å². The van der Waals surface area contributed by atoms with E-state index in [-0.39, 0.29) is 17.4 Å². The van der Waals surface area contributed by atoms with Crippen molar-refractivity contribution >= 4 is 11.6 Å². The van der Waals surface area contributed by atoms with Crippen LogP contribution in [-0.4, -0.2) is 0 Å². The van der Waals surface area contributed by atoms with E-state index in [1.807, 2.05) is 0 Å². The van der Waals surface area contributed by atoms with Crippen LogP contribution in [-0.2, 0) is 0 Å². The quantitative estimate of drug-likeness (QED) is 0.311. The van der Waals surface area contributed by atoms with E-state index in [1.165, 1.54) is 50.7 Å². The Balaban J connectivity index is 1.58. The minimum absolute atomic E-state index is 0.0733. The molecular weight excluding hydrogens is 398 g/mol. The van der Waals surface area contributed by atoms with E-state index in [9.17, 15) is 8.78 Å². The van der Waals surface area contributed by atoms with E-state index >= 15 is 0 Å². The molecule has 0 bridgehead atoms. The number of unbranched alkanes of at least 4 members (excludes halogenated alkanes) is 2. The average Bonchev–Trinajstić information content (AvgIpc) is 2.74. The zero-order valence-corrected chi connectivity index (χ0v) is 19.0. The monoisotopic (exact) mass is 432 g/mol. The van der Waals surface area contributed by atoms with Gasteiger partial charge in [0.05, 0.1) is 5.56 Å². The maximum Gasteiger partial charge on any atom is 0.142 e. The fourth-order valence-electron chi connectivity index (χ4n) is 5.14. The fraction of sp³-hybridized carbons (Fsp3) is 0.630. The Morgan fingerprint density at radius 2 is 1.63 bits per heavy atom. The van der Waals surface area contributed by atoms with E-state index < -0.39 is 11.6 Å². The van der Waals surface area contributed by atoms with Crippen LogP contribution in [0.4, 0.5) is 8.78 Å². The lowest BCUT2D eigenvalue weighted by Crippen LogP contribution is -2.14. The maximum atomic E-state index is 14.7. The third-order valence-corrected chi connectivity index (χ3v) is 7.48. The van der Waals surface area contributed by atoms with Crippen molar-refractivity contribution in [2.75, 3.05) is 0 Å². The Bertz CT molecular complexity index is 749. The van der Waals surface area contributed by atoms with Gasteiger partial charge >= 0.3 is 0 Å². The lowest BCUT2D eigenvalue weighted by atomic mass is 9.77. The molecule has 0 radical (unpaired) electrons. The van der Waals surface area contributed by atoms with E-state index in [4.69, 9.17) is 11.6 Å². The van der Waals surface area contributed by atoms with E-state index in [1.54, 1.807) is 0 Å². The Morgan fingerprint density at radius 1 is 1.00 bits per heavy atom. The standard InChI is InChI=1S/C27H35ClF2/c1-3-4-5-6-20-9-14-23(15-10-20)24-17-26(29)25(27(30)18-24)16-11-21-7-12-22(13-8-21)19(2)28/h17-18,20-23H,2-10,12-15H2,1H3. The molecule has 0 aliphatic heterocycles. The molecule has 3 heteroatoms. The molecule has 2 fully saturated rings. The van der Waals surface area contributed by atoms with Crippen molar-refractivity contribution < 1.29 is 8.78 Å². The molecule has 0 aromatic heterocycles. The topological polar surface area (TPSA) is 0 Å². The summed E-state index contributed by atoms with van der Waals surface area (Å²) in [6.45, 7) is 6.05. The Kier molecular flexibility index (Phi) is 8.82. The first kappa shape index (κ1) is 23.3. The highest BCUT2D eigenvalue weighted by atomic mass is 35.5. The molecule has 0 atom stereocenters. The predicted molar refractivity (Wildman–Crippen MR) is 123 cm³/mol. The number of allylic oxidation sites excluding steroid dienone is 1. The summed E-state index contributed by atoms with van der Waals surface area (Å²) in [5.41, 5.74) is 0.736. The second-order valence-corrected chi connectivity index (χ2v) is 9.82. The van der Waals surface area contributed by atoms with E-state index in [0.29, 0.717) is 11.0 Å². The van der Waals surface area contributed by atoms with Crippen molar-refractivity contribution in [2.24, 2.45) is 17.8 Å². The molecule has 1 aromatic rings. The molecule has 0 nitrogen and oxygen atoms in total. The summed E-state index contributed by atoms with van der Waals surface area (Å²) in [4.78, 5) is 0. The zero-order chi connectivity index (χ0) is 21.5. The van der Waals surface area contributed by atoms with Gasteiger partial charge in [-0.25, -0.2) is 8.78 Å². The molecule has 0 amide bonds. The SMILES string of the molecule is C=C(Cl)C1CCC(C#Cc2c(F)cc(C3CCC(CCCCC)CC3)cc2F)CC1. The number of rotatable bonds is 6. The molecule has 0 unspecified atom stereocenters. The summed E-state index contributed by atoms with van der Waals surface area (Å²) in [6.07, 6.45) is 13.3. The van der Waals surface area contributed by atoms with Crippen LogP contribution >= 0.6 is 11.6 Å². The molecule has 30 heavy (non-hydrogen) atoms. The summed E-state index contributed by atoms with van der Waals surface area (Å²) in [5, 5.41) is 0.712.